The summed E-state index contributed by atoms with van der Waals surface area (Å²) < 4.78 is 15.9. The van der Waals surface area contributed by atoms with Gasteiger partial charge in [-0.15, -0.1) is 0 Å². The molecule has 2 unspecified atom stereocenters. The monoisotopic (exact) mass is 507 g/mol. The number of rotatable bonds is 24. The van der Waals surface area contributed by atoms with Crippen molar-refractivity contribution in [2.24, 2.45) is 5.73 Å². The molecule has 0 aliphatic carbocycles. The molecule has 8 nitrogen and oxygen atoms in total. The number of aliphatic hydroxyl groups is 1. The molecule has 0 saturated heterocycles. The third-order valence-electron chi connectivity index (χ3n) is 6.13. The van der Waals surface area contributed by atoms with E-state index >= 15 is 0 Å². The summed E-state index contributed by atoms with van der Waals surface area (Å²) >= 11 is 0. The van der Waals surface area contributed by atoms with Crippen LogP contribution in [0.2, 0.25) is 0 Å². The SMILES string of the molecule is CCCCCCCCCCCCCCCCCCCCCC(=O)OC(C(O)C(N)=O)P(=O)(O)O. The molecule has 0 spiro atoms. The van der Waals surface area contributed by atoms with Crippen molar-refractivity contribution in [2.75, 3.05) is 0 Å². The largest absolute Gasteiger partial charge is 0.446 e. The topological polar surface area (TPSA) is 147 Å². The van der Waals surface area contributed by atoms with Crippen LogP contribution >= 0.6 is 7.60 Å². The number of unbranched alkanes of at least 4 members (excludes halogenated alkanes) is 18. The third-order valence-corrected chi connectivity index (χ3v) is 7.18. The van der Waals surface area contributed by atoms with Crippen LogP contribution in [0.4, 0.5) is 0 Å². The van der Waals surface area contributed by atoms with Crippen molar-refractivity contribution in [2.45, 2.75) is 147 Å². The summed E-state index contributed by atoms with van der Waals surface area (Å²) in [6, 6.07) is 0. The second-order valence-electron chi connectivity index (χ2n) is 9.43. The summed E-state index contributed by atoms with van der Waals surface area (Å²) in [4.78, 5) is 41.0. The van der Waals surface area contributed by atoms with Gasteiger partial charge >= 0.3 is 13.6 Å². The molecule has 0 saturated carbocycles. The van der Waals surface area contributed by atoms with Gasteiger partial charge in [-0.2, -0.15) is 0 Å². The van der Waals surface area contributed by atoms with Gasteiger partial charge in [0.05, 0.1) is 0 Å². The molecule has 0 radical (unpaired) electrons. The van der Waals surface area contributed by atoms with Gasteiger partial charge in [-0.3, -0.25) is 14.2 Å². The van der Waals surface area contributed by atoms with E-state index in [9.17, 15) is 19.3 Å². The van der Waals surface area contributed by atoms with Crippen molar-refractivity contribution in [1.82, 2.24) is 0 Å². The Morgan fingerprint density at radius 3 is 1.32 bits per heavy atom. The molecule has 0 fully saturated rings. The summed E-state index contributed by atoms with van der Waals surface area (Å²) in [5, 5.41) is 9.46. The maximum Gasteiger partial charge on any atom is 0.369 e. The summed E-state index contributed by atoms with van der Waals surface area (Å²) in [6.07, 6.45) is 21.3. The van der Waals surface area contributed by atoms with Crippen molar-refractivity contribution in [3.8, 4) is 0 Å². The minimum atomic E-state index is -5.01. The lowest BCUT2D eigenvalue weighted by Crippen LogP contribution is -2.41. The number of hydrogen-bond acceptors (Lipinski definition) is 5. The Morgan fingerprint density at radius 1 is 0.706 bits per heavy atom. The molecule has 0 heterocycles. The zero-order chi connectivity index (χ0) is 25.7. The van der Waals surface area contributed by atoms with Gasteiger partial charge in [-0.05, 0) is 6.42 Å². The van der Waals surface area contributed by atoms with E-state index in [4.69, 9.17) is 15.5 Å². The Labute approximate surface area is 206 Å². The number of nitrogens with two attached hydrogens (primary N) is 1. The van der Waals surface area contributed by atoms with Crippen LogP contribution in [0.5, 0.6) is 0 Å². The molecule has 34 heavy (non-hydrogen) atoms. The molecule has 0 aromatic heterocycles. The predicted octanol–water partition coefficient (Wildman–Crippen LogP) is 5.70. The fraction of sp³-hybridized carbons (Fsp3) is 0.920. The van der Waals surface area contributed by atoms with Crippen LogP contribution in [0.1, 0.15) is 135 Å². The molecule has 0 bridgehead atoms. The maximum atomic E-state index is 11.8. The van der Waals surface area contributed by atoms with Crippen molar-refractivity contribution in [1.29, 1.82) is 0 Å². The molecule has 2 atom stereocenters. The highest BCUT2D eigenvalue weighted by atomic mass is 31.2. The van der Waals surface area contributed by atoms with E-state index in [1.54, 1.807) is 0 Å². The average molecular weight is 508 g/mol. The summed E-state index contributed by atoms with van der Waals surface area (Å²) in [6.45, 7) is 2.26. The van der Waals surface area contributed by atoms with Gasteiger partial charge in [0.15, 0.2) is 6.10 Å². The minimum Gasteiger partial charge on any atom is -0.446 e. The van der Waals surface area contributed by atoms with Gasteiger partial charge in [0.2, 0.25) is 5.85 Å². The lowest BCUT2D eigenvalue weighted by atomic mass is 10.0. The molecule has 202 valence electrons. The average Bonchev–Trinajstić information content (AvgIpc) is 2.77. The normalized spacial score (nSPS) is 13.5. The van der Waals surface area contributed by atoms with Crippen LogP contribution < -0.4 is 5.73 Å². The Bertz CT molecular complexity index is 567. The van der Waals surface area contributed by atoms with E-state index < -0.39 is 31.4 Å². The summed E-state index contributed by atoms with van der Waals surface area (Å²) in [5.41, 5.74) is 4.84. The number of carbonyl (C=O) groups excluding carboxylic acids is 2. The van der Waals surface area contributed by atoms with Gasteiger partial charge in [0, 0.05) is 6.42 Å². The number of amides is 1. The van der Waals surface area contributed by atoms with Crippen LogP contribution in [0.15, 0.2) is 0 Å². The molecule has 0 aliphatic rings. The van der Waals surface area contributed by atoms with Gasteiger partial charge in [-0.25, -0.2) is 0 Å². The number of carbonyl (C=O) groups is 2. The van der Waals surface area contributed by atoms with E-state index in [1.807, 2.05) is 0 Å². The van der Waals surface area contributed by atoms with Crippen molar-refractivity contribution < 1.29 is 33.8 Å². The molecule has 0 rings (SSSR count). The molecule has 0 aromatic rings. The van der Waals surface area contributed by atoms with Crippen molar-refractivity contribution in [3.63, 3.8) is 0 Å². The molecule has 5 N–H and O–H groups in total. The van der Waals surface area contributed by atoms with Gasteiger partial charge in [-0.1, -0.05) is 122 Å². The second-order valence-corrected chi connectivity index (χ2v) is 11.1. The smallest absolute Gasteiger partial charge is 0.369 e. The fourth-order valence-corrected chi connectivity index (χ4v) is 4.77. The number of esters is 1. The first-order valence-electron chi connectivity index (χ1n) is 13.4. The van der Waals surface area contributed by atoms with Crippen LogP contribution in [-0.2, 0) is 18.9 Å². The molecule has 9 heteroatoms. The van der Waals surface area contributed by atoms with Crippen LogP contribution in [0.25, 0.3) is 0 Å². The number of aliphatic hydroxyl groups excluding tert-OH is 1. The predicted molar refractivity (Wildman–Crippen MR) is 135 cm³/mol. The van der Waals surface area contributed by atoms with E-state index in [2.05, 4.69) is 11.7 Å². The summed E-state index contributed by atoms with van der Waals surface area (Å²) in [5.74, 6) is -4.47. The molecular weight excluding hydrogens is 457 g/mol. The van der Waals surface area contributed by atoms with E-state index in [0.29, 0.717) is 6.42 Å². The highest BCUT2D eigenvalue weighted by Crippen LogP contribution is 2.43. The van der Waals surface area contributed by atoms with Gasteiger partial charge in [0.25, 0.3) is 5.91 Å². The van der Waals surface area contributed by atoms with Crippen LogP contribution in [0.3, 0.4) is 0 Å². The maximum absolute atomic E-state index is 11.8. The van der Waals surface area contributed by atoms with E-state index in [-0.39, 0.29) is 6.42 Å². The third kappa shape index (κ3) is 19.4. The first-order chi connectivity index (χ1) is 16.2. The van der Waals surface area contributed by atoms with E-state index in [0.717, 1.165) is 19.3 Å². The first kappa shape index (κ1) is 33.0. The Morgan fingerprint density at radius 2 is 1.03 bits per heavy atom. The first-order valence-corrected chi connectivity index (χ1v) is 15.1. The van der Waals surface area contributed by atoms with Crippen molar-refractivity contribution >= 4 is 19.5 Å². The van der Waals surface area contributed by atoms with Gasteiger partial charge < -0.3 is 25.4 Å². The number of ether oxygens (including phenoxy) is 1. The lowest BCUT2D eigenvalue weighted by Gasteiger charge is -2.21. The summed E-state index contributed by atoms with van der Waals surface area (Å²) in [7, 11) is -5.01. The molecule has 0 aliphatic heterocycles. The Hall–Kier alpha value is -0.950. The molecule has 1 amide bonds. The molecular formula is C25H50NO7P. The standard InChI is InChI=1S/C25H50NO7P/c1-2-3-4-5-6-7-8-9-10-11-12-13-14-15-16-17-18-19-20-21-22(27)33-25(34(30,31)32)23(28)24(26)29/h23,25,28H,2-21H2,1H3,(H2,26,29)(H2,30,31,32). The van der Waals surface area contributed by atoms with Gasteiger partial charge in [0.1, 0.15) is 0 Å². The Kier molecular flexibility index (Phi) is 20.7. The second kappa shape index (κ2) is 21.3. The zero-order valence-electron chi connectivity index (χ0n) is 21.3. The quantitative estimate of drug-likeness (QED) is 0.0744. The minimum absolute atomic E-state index is 0.0269. The molecule has 0 aromatic carbocycles. The van der Waals surface area contributed by atoms with Crippen LogP contribution in [-0.4, -0.2) is 38.7 Å². The fourth-order valence-electron chi connectivity index (χ4n) is 4.00. The van der Waals surface area contributed by atoms with E-state index in [1.165, 1.54) is 96.3 Å². The highest BCUT2D eigenvalue weighted by molar-refractivity contribution is 7.52. The highest BCUT2D eigenvalue weighted by Gasteiger charge is 2.41. The van der Waals surface area contributed by atoms with Crippen LogP contribution in [0, 0.1) is 0 Å². The zero-order valence-corrected chi connectivity index (χ0v) is 22.2. The number of primary amides is 1. The lowest BCUT2D eigenvalue weighted by molar-refractivity contribution is -0.153. The number of hydrogen-bond donors (Lipinski definition) is 4. The van der Waals surface area contributed by atoms with Crippen molar-refractivity contribution in [3.05, 3.63) is 0 Å². The Balaban J connectivity index is 3.51.